The summed E-state index contributed by atoms with van der Waals surface area (Å²) in [4.78, 5) is 3.48. The summed E-state index contributed by atoms with van der Waals surface area (Å²) >= 11 is 0. The highest BCUT2D eigenvalue weighted by Crippen LogP contribution is 2.34. The molecule has 3 rings (SSSR count). The maximum Gasteiger partial charge on any atom is 0.0491 e. The molecule has 1 heteroatoms. The van der Waals surface area contributed by atoms with Crippen LogP contribution >= 0.6 is 0 Å². The third-order valence-corrected chi connectivity index (χ3v) is 3.36. The minimum Gasteiger partial charge on any atom is -0.358 e. The highest BCUT2D eigenvalue weighted by molar-refractivity contribution is 5.71. The molecule has 1 aromatic heterocycles. The molecular weight excluding hydrogens is 182 g/mol. The first-order valence-electron chi connectivity index (χ1n) is 5.53. The van der Waals surface area contributed by atoms with Crippen LogP contribution in [0, 0.1) is 13.8 Å². The van der Waals surface area contributed by atoms with Gasteiger partial charge < -0.3 is 4.98 Å². The van der Waals surface area contributed by atoms with Crippen LogP contribution in [0.15, 0.2) is 24.3 Å². The highest BCUT2D eigenvalue weighted by Gasteiger charge is 2.18. The maximum atomic E-state index is 3.48. The van der Waals surface area contributed by atoms with Gasteiger partial charge in [0.25, 0.3) is 0 Å². The minimum atomic E-state index is 1.18. The van der Waals surface area contributed by atoms with Gasteiger partial charge in [0.05, 0.1) is 0 Å². The van der Waals surface area contributed by atoms with Crippen molar-refractivity contribution >= 4 is 0 Å². The zero-order chi connectivity index (χ0) is 10.4. The van der Waals surface area contributed by atoms with Crippen LogP contribution in [0.3, 0.4) is 0 Å². The Hall–Kier alpha value is -1.50. The van der Waals surface area contributed by atoms with Crippen LogP contribution < -0.4 is 0 Å². The molecule has 1 heterocycles. The molecule has 1 nitrogen and oxygen atoms in total. The lowest BCUT2D eigenvalue weighted by Crippen LogP contribution is -2.04. The average Bonchev–Trinajstić information content (AvgIpc) is 2.59. The van der Waals surface area contributed by atoms with Crippen molar-refractivity contribution in [2.24, 2.45) is 0 Å². The highest BCUT2D eigenvalue weighted by atomic mass is 14.7. The summed E-state index contributed by atoms with van der Waals surface area (Å²) in [7, 11) is 0. The van der Waals surface area contributed by atoms with Crippen LogP contribution in [0.5, 0.6) is 0 Å². The van der Waals surface area contributed by atoms with E-state index < -0.39 is 0 Å². The lowest BCUT2D eigenvalue weighted by molar-refractivity contribution is 0.931. The van der Waals surface area contributed by atoms with E-state index >= 15 is 0 Å². The molecule has 1 N–H and O–H groups in total. The van der Waals surface area contributed by atoms with Crippen molar-refractivity contribution in [1.82, 2.24) is 4.98 Å². The van der Waals surface area contributed by atoms with Crippen LogP contribution in [-0.4, -0.2) is 4.98 Å². The van der Waals surface area contributed by atoms with Gasteiger partial charge in [0.1, 0.15) is 0 Å². The Morgan fingerprint density at radius 1 is 1.13 bits per heavy atom. The molecular formula is C14H15N. The summed E-state index contributed by atoms with van der Waals surface area (Å²) < 4.78 is 0. The Morgan fingerprint density at radius 3 is 2.87 bits per heavy atom. The molecule has 15 heavy (non-hydrogen) atoms. The maximum absolute atomic E-state index is 3.48. The Bertz CT molecular complexity index is 520. The number of rotatable bonds is 0. The summed E-state index contributed by atoms with van der Waals surface area (Å²) in [5.74, 6) is 0. The number of nitrogens with one attached hydrogen (secondary N) is 1. The number of fused-ring (bicyclic) bond motifs is 3. The predicted octanol–water partition coefficient (Wildman–Crippen LogP) is 3.40. The fourth-order valence-corrected chi connectivity index (χ4v) is 2.61. The molecule has 0 amide bonds. The number of benzene rings is 1. The molecule has 1 aliphatic rings. The van der Waals surface area contributed by atoms with E-state index in [4.69, 9.17) is 0 Å². The molecule has 1 aromatic carbocycles. The van der Waals surface area contributed by atoms with Crippen molar-refractivity contribution in [2.75, 3.05) is 0 Å². The second-order valence-corrected chi connectivity index (χ2v) is 4.45. The van der Waals surface area contributed by atoms with Gasteiger partial charge in [-0.25, -0.2) is 0 Å². The molecule has 0 fully saturated rings. The molecule has 2 aromatic rings. The SMILES string of the molecule is Cc1cc2c([nH]1)-c1cccc(C)c1CC2. The van der Waals surface area contributed by atoms with Gasteiger partial charge in [0.15, 0.2) is 0 Å². The average molecular weight is 197 g/mol. The van der Waals surface area contributed by atoms with Crippen molar-refractivity contribution in [3.63, 3.8) is 0 Å². The standard InChI is InChI=1S/C14H15N/c1-9-4-3-5-13-12(9)7-6-11-8-10(2)15-14(11)13/h3-5,8,15H,6-7H2,1-2H3. The molecule has 0 unspecified atom stereocenters. The van der Waals surface area contributed by atoms with Crippen molar-refractivity contribution in [3.05, 3.63) is 46.6 Å². The van der Waals surface area contributed by atoms with Gasteiger partial charge in [-0.2, -0.15) is 0 Å². The molecule has 76 valence electrons. The molecule has 0 bridgehead atoms. The first-order chi connectivity index (χ1) is 7.25. The van der Waals surface area contributed by atoms with E-state index in [-0.39, 0.29) is 0 Å². The third-order valence-electron chi connectivity index (χ3n) is 3.36. The lowest BCUT2D eigenvalue weighted by Gasteiger charge is -2.18. The fraction of sp³-hybridized carbons (Fsp3) is 0.286. The molecule has 1 aliphatic carbocycles. The van der Waals surface area contributed by atoms with Gasteiger partial charge in [-0.3, -0.25) is 0 Å². The second-order valence-electron chi connectivity index (χ2n) is 4.45. The third kappa shape index (κ3) is 1.23. The van der Waals surface area contributed by atoms with Crippen LogP contribution in [0.4, 0.5) is 0 Å². The first kappa shape index (κ1) is 8.78. The van der Waals surface area contributed by atoms with E-state index in [1.165, 1.54) is 46.5 Å². The summed E-state index contributed by atoms with van der Waals surface area (Å²) in [5, 5.41) is 0. The number of hydrogen-bond donors (Lipinski definition) is 1. The number of aromatic nitrogens is 1. The zero-order valence-corrected chi connectivity index (χ0v) is 9.22. The normalized spacial score (nSPS) is 13.5. The molecule has 0 aliphatic heterocycles. The Labute approximate surface area is 90.2 Å². The summed E-state index contributed by atoms with van der Waals surface area (Å²) in [5.41, 5.74) is 8.44. The van der Waals surface area contributed by atoms with E-state index in [2.05, 4.69) is 43.1 Å². The minimum absolute atomic E-state index is 1.18. The summed E-state index contributed by atoms with van der Waals surface area (Å²) in [6.45, 7) is 4.34. The van der Waals surface area contributed by atoms with E-state index in [1.54, 1.807) is 0 Å². The van der Waals surface area contributed by atoms with Gasteiger partial charge in [-0.15, -0.1) is 0 Å². The fourth-order valence-electron chi connectivity index (χ4n) is 2.61. The lowest BCUT2D eigenvalue weighted by atomic mass is 9.88. The summed E-state index contributed by atoms with van der Waals surface area (Å²) in [6, 6.07) is 8.87. The molecule has 0 spiro atoms. The van der Waals surface area contributed by atoms with Gasteiger partial charge in [0.2, 0.25) is 0 Å². The Morgan fingerprint density at radius 2 is 2.00 bits per heavy atom. The van der Waals surface area contributed by atoms with Crippen LogP contribution in [0.1, 0.15) is 22.4 Å². The van der Waals surface area contributed by atoms with Crippen LogP contribution in [-0.2, 0) is 12.8 Å². The van der Waals surface area contributed by atoms with E-state index in [0.717, 1.165) is 0 Å². The van der Waals surface area contributed by atoms with Crippen molar-refractivity contribution in [1.29, 1.82) is 0 Å². The zero-order valence-electron chi connectivity index (χ0n) is 9.22. The molecule has 0 saturated heterocycles. The number of aryl methyl sites for hydroxylation is 3. The summed E-state index contributed by atoms with van der Waals surface area (Å²) in [6.07, 6.45) is 2.36. The Balaban J connectivity index is 2.29. The Kier molecular flexibility index (Phi) is 1.75. The van der Waals surface area contributed by atoms with E-state index in [0.29, 0.717) is 0 Å². The monoisotopic (exact) mass is 197 g/mol. The van der Waals surface area contributed by atoms with E-state index in [9.17, 15) is 0 Å². The van der Waals surface area contributed by atoms with Crippen molar-refractivity contribution < 1.29 is 0 Å². The molecule has 0 radical (unpaired) electrons. The molecule has 0 saturated carbocycles. The van der Waals surface area contributed by atoms with Crippen LogP contribution in [0.25, 0.3) is 11.3 Å². The topological polar surface area (TPSA) is 15.8 Å². The smallest absolute Gasteiger partial charge is 0.0491 e. The number of aromatic amines is 1. The predicted molar refractivity (Wildman–Crippen MR) is 63.1 cm³/mol. The molecule has 0 atom stereocenters. The second kappa shape index (κ2) is 2.99. The van der Waals surface area contributed by atoms with Crippen LogP contribution in [0.2, 0.25) is 0 Å². The van der Waals surface area contributed by atoms with Crippen molar-refractivity contribution in [2.45, 2.75) is 26.7 Å². The first-order valence-corrected chi connectivity index (χ1v) is 5.53. The largest absolute Gasteiger partial charge is 0.358 e. The van der Waals surface area contributed by atoms with E-state index in [1.807, 2.05) is 0 Å². The van der Waals surface area contributed by atoms with Gasteiger partial charge in [0, 0.05) is 17.0 Å². The van der Waals surface area contributed by atoms with Crippen molar-refractivity contribution in [3.8, 4) is 11.3 Å². The quantitative estimate of drug-likeness (QED) is 0.666. The number of H-pyrrole nitrogens is 1. The van der Waals surface area contributed by atoms with Gasteiger partial charge in [-0.1, -0.05) is 18.2 Å². The van der Waals surface area contributed by atoms with Gasteiger partial charge >= 0.3 is 0 Å². The number of hydrogen-bond acceptors (Lipinski definition) is 0. The van der Waals surface area contributed by atoms with Gasteiger partial charge in [-0.05, 0) is 49.4 Å².